The van der Waals surface area contributed by atoms with Gasteiger partial charge < -0.3 is 10.6 Å². The second-order valence-corrected chi connectivity index (χ2v) is 10.3. The largest absolute Gasteiger partial charge is 0.326 e. The van der Waals surface area contributed by atoms with Gasteiger partial charge in [-0.25, -0.2) is 13.1 Å². The van der Waals surface area contributed by atoms with E-state index < -0.39 is 10.0 Å². The SMILES string of the molecule is CC(=O)Nc1ccc(NC(=O)CCCn2nnc3cc(S(=O)(=O)N4CCCCC4)ccc32)cc1. The Morgan fingerprint density at radius 2 is 1.65 bits per heavy atom. The molecule has 180 valence electrons. The number of fused-ring (bicyclic) bond motifs is 1. The number of hydrogen-bond acceptors (Lipinski definition) is 6. The van der Waals surface area contributed by atoms with Crippen molar-refractivity contribution in [2.24, 2.45) is 0 Å². The Kier molecular flexibility index (Phi) is 7.23. The number of amides is 2. The molecule has 0 atom stereocenters. The van der Waals surface area contributed by atoms with Crippen molar-refractivity contribution >= 4 is 44.2 Å². The molecule has 0 saturated carbocycles. The molecule has 4 rings (SSSR count). The fourth-order valence-corrected chi connectivity index (χ4v) is 5.52. The van der Waals surface area contributed by atoms with E-state index in [1.54, 1.807) is 47.1 Å². The number of nitrogens with one attached hydrogen (secondary N) is 2. The normalized spacial score (nSPS) is 14.7. The molecule has 0 bridgehead atoms. The van der Waals surface area contributed by atoms with Gasteiger partial charge in [0.2, 0.25) is 21.8 Å². The van der Waals surface area contributed by atoms with Crippen LogP contribution in [-0.2, 0) is 26.2 Å². The summed E-state index contributed by atoms with van der Waals surface area (Å²) in [7, 11) is -3.53. The van der Waals surface area contributed by atoms with Crippen LogP contribution in [0.25, 0.3) is 11.0 Å². The van der Waals surface area contributed by atoms with E-state index in [-0.39, 0.29) is 23.1 Å². The first-order valence-corrected chi connectivity index (χ1v) is 12.8. The van der Waals surface area contributed by atoms with Crippen molar-refractivity contribution in [3.63, 3.8) is 0 Å². The van der Waals surface area contributed by atoms with Crippen LogP contribution in [0.5, 0.6) is 0 Å². The van der Waals surface area contributed by atoms with E-state index in [2.05, 4.69) is 20.9 Å². The number of carbonyl (C=O) groups is 2. The number of aryl methyl sites for hydroxylation is 1. The molecule has 2 heterocycles. The summed E-state index contributed by atoms with van der Waals surface area (Å²) >= 11 is 0. The summed E-state index contributed by atoms with van der Waals surface area (Å²) in [5.74, 6) is -0.288. The topological polar surface area (TPSA) is 126 Å². The lowest BCUT2D eigenvalue weighted by Crippen LogP contribution is -2.35. The maximum Gasteiger partial charge on any atom is 0.243 e. The van der Waals surface area contributed by atoms with Crippen LogP contribution in [0, 0.1) is 0 Å². The van der Waals surface area contributed by atoms with Crippen molar-refractivity contribution in [2.75, 3.05) is 23.7 Å². The Morgan fingerprint density at radius 1 is 0.971 bits per heavy atom. The van der Waals surface area contributed by atoms with Crippen LogP contribution in [0.1, 0.15) is 39.0 Å². The van der Waals surface area contributed by atoms with Gasteiger partial charge >= 0.3 is 0 Å². The summed E-state index contributed by atoms with van der Waals surface area (Å²) in [6, 6.07) is 11.8. The van der Waals surface area contributed by atoms with Crippen LogP contribution in [0.4, 0.5) is 11.4 Å². The maximum absolute atomic E-state index is 12.9. The molecule has 0 unspecified atom stereocenters. The van der Waals surface area contributed by atoms with E-state index in [1.165, 1.54) is 11.2 Å². The molecule has 1 fully saturated rings. The highest BCUT2D eigenvalue weighted by Gasteiger charge is 2.26. The second kappa shape index (κ2) is 10.3. The molecule has 3 aromatic rings. The monoisotopic (exact) mass is 484 g/mol. The lowest BCUT2D eigenvalue weighted by molar-refractivity contribution is -0.116. The Morgan fingerprint density at radius 3 is 2.32 bits per heavy atom. The van der Waals surface area contributed by atoms with Crippen molar-refractivity contribution in [3.05, 3.63) is 42.5 Å². The summed E-state index contributed by atoms with van der Waals surface area (Å²) in [5, 5.41) is 13.8. The van der Waals surface area contributed by atoms with Gasteiger partial charge in [-0.2, -0.15) is 4.31 Å². The fourth-order valence-electron chi connectivity index (χ4n) is 3.98. The Bertz CT molecular complexity index is 1280. The van der Waals surface area contributed by atoms with Crippen molar-refractivity contribution in [2.45, 2.75) is 50.5 Å². The van der Waals surface area contributed by atoms with Crippen molar-refractivity contribution in [3.8, 4) is 0 Å². The molecule has 1 aliphatic rings. The predicted molar refractivity (Wildman–Crippen MR) is 129 cm³/mol. The van der Waals surface area contributed by atoms with Crippen LogP contribution in [0.15, 0.2) is 47.4 Å². The highest BCUT2D eigenvalue weighted by Crippen LogP contribution is 2.23. The van der Waals surface area contributed by atoms with E-state index >= 15 is 0 Å². The zero-order valence-corrected chi connectivity index (χ0v) is 19.8. The number of sulfonamides is 1. The average molecular weight is 485 g/mol. The third kappa shape index (κ3) is 5.60. The van der Waals surface area contributed by atoms with Gasteiger partial charge in [-0.05, 0) is 61.7 Å². The number of carbonyl (C=O) groups excluding carboxylic acids is 2. The highest BCUT2D eigenvalue weighted by atomic mass is 32.2. The van der Waals surface area contributed by atoms with Crippen LogP contribution in [0.3, 0.4) is 0 Å². The zero-order valence-electron chi connectivity index (χ0n) is 19.0. The minimum Gasteiger partial charge on any atom is -0.326 e. The van der Waals surface area contributed by atoms with Gasteiger partial charge in [-0.3, -0.25) is 9.59 Å². The van der Waals surface area contributed by atoms with Gasteiger partial charge in [0.25, 0.3) is 0 Å². The summed E-state index contributed by atoms with van der Waals surface area (Å²) in [6.45, 7) is 3.01. The number of anilines is 2. The lowest BCUT2D eigenvalue weighted by Gasteiger charge is -2.25. The quantitative estimate of drug-likeness (QED) is 0.506. The highest BCUT2D eigenvalue weighted by molar-refractivity contribution is 7.89. The number of benzene rings is 2. The van der Waals surface area contributed by atoms with Crippen LogP contribution in [-0.4, -0.2) is 52.6 Å². The van der Waals surface area contributed by atoms with Gasteiger partial charge in [0.1, 0.15) is 5.52 Å². The first-order valence-electron chi connectivity index (χ1n) is 11.3. The van der Waals surface area contributed by atoms with Crippen LogP contribution >= 0.6 is 0 Å². The van der Waals surface area contributed by atoms with Gasteiger partial charge in [0.15, 0.2) is 0 Å². The number of rotatable bonds is 8. The van der Waals surface area contributed by atoms with Crippen LogP contribution in [0.2, 0.25) is 0 Å². The lowest BCUT2D eigenvalue weighted by atomic mass is 10.2. The molecule has 0 spiro atoms. The standard InChI is InChI=1S/C23H28N6O4S/c1-17(30)24-18-7-9-19(10-8-18)25-23(31)6-5-15-29-22-12-11-20(16-21(22)26-27-29)34(32,33)28-13-3-2-4-14-28/h7-12,16H,2-6,13-15H2,1H3,(H,24,30)(H,25,31). The second-order valence-electron chi connectivity index (χ2n) is 8.34. The Balaban J connectivity index is 1.33. The minimum atomic E-state index is -3.53. The summed E-state index contributed by atoms with van der Waals surface area (Å²) < 4.78 is 29.0. The number of aromatic nitrogens is 3. The molecular weight excluding hydrogens is 456 g/mol. The molecule has 1 saturated heterocycles. The molecule has 1 aliphatic heterocycles. The number of nitrogens with zero attached hydrogens (tertiary/aromatic N) is 4. The van der Waals surface area contributed by atoms with E-state index in [1.807, 2.05) is 0 Å². The fraction of sp³-hybridized carbons (Fsp3) is 0.391. The van der Waals surface area contributed by atoms with Crippen molar-refractivity contribution < 1.29 is 18.0 Å². The van der Waals surface area contributed by atoms with Gasteiger partial charge in [0.05, 0.1) is 10.4 Å². The molecule has 0 radical (unpaired) electrons. The summed E-state index contributed by atoms with van der Waals surface area (Å²) in [4.78, 5) is 23.6. The molecule has 2 N–H and O–H groups in total. The third-order valence-corrected chi connectivity index (χ3v) is 7.60. The first kappa shape index (κ1) is 23.8. The summed E-state index contributed by atoms with van der Waals surface area (Å²) in [6.07, 6.45) is 3.65. The van der Waals surface area contributed by atoms with Gasteiger partial charge in [-0.15, -0.1) is 5.10 Å². The molecule has 1 aromatic heterocycles. The molecule has 2 amide bonds. The van der Waals surface area contributed by atoms with Crippen molar-refractivity contribution in [1.29, 1.82) is 0 Å². The molecule has 11 heteroatoms. The number of hydrogen-bond donors (Lipinski definition) is 2. The molecule has 2 aromatic carbocycles. The summed E-state index contributed by atoms with van der Waals surface area (Å²) in [5.41, 5.74) is 2.55. The molecule has 34 heavy (non-hydrogen) atoms. The van der Waals surface area contributed by atoms with E-state index in [4.69, 9.17) is 0 Å². The number of piperidine rings is 1. The predicted octanol–water partition coefficient (Wildman–Crippen LogP) is 2.98. The van der Waals surface area contributed by atoms with Crippen LogP contribution < -0.4 is 10.6 Å². The van der Waals surface area contributed by atoms with Crippen molar-refractivity contribution in [1.82, 2.24) is 19.3 Å². The Hall–Kier alpha value is -3.31. The maximum atomic E-state index is 12.9. The molecule has 0 aliphatic carbocycles. The average Bonchev–Trinajstić information content (AvgIpc) is 3.23. The van der Waals surface area contributed by atoms with Gasteiger partial charge in [0, 0.05) is 44.4 Å². The van der Waals surface area contributed by atoms with E-state index in [9.17, 15) is 18.0 Å². The van der Waals surface area contributed by atoms with Gasteiger partial charge in [-0.1, -0.05) is 11.6 Å². The molecule has 10 nitrogen and oxygen atoms in total. The smallest absolute Gasteiger partial charge is 0.243 e. The van der Waals surface area contributed by atoms with E-state index in [0.717, 1.165) is 24.8 Å². The van der Waals surface area contributed by atoms with E-state index in [0.29, 0.717) is 42.9 Å². The third-order valence-electron chi connectivity index (χ3n) is 5.70. The first-order chi connectivity index (χ1) is 16.3. The Labute approximate surface area is 198 Å². The minimum absolute atomic E-state index is 0.133. The zero-order chi connectivity index (χ0) is 24.1. The molecular formula is C23H28N6O4S.